The third kappa shape index (κ3) is 3.76. The Morgan fingerprint density at radius 1 is 1.50 bits per heavy atom. The Labute approximate surface area is 120 Å². The van der Waals surface area contributed by atoms with Crippen molar-refractivity contribution in [2.75, 3.05) is 19.7 Å². The predicted molar refractivity (Wildman–Crippen MR) is 76.1 cm³/mol. The summed E-state index contributed by atoms with van der Waals surface area (Å²) in [6.45, 7) is 2.73. The lowest BCUT2D eigenvalue weighted by Crippen LogP contribution is -2.47. The summed E-state index contributed by atoms with van der Waals surface area (Å²) in [6, 6.07) is 3.28. The largest absolute Gasteiger partial charge is 0.396 e. The maximum atomic E-state index is 12.3. The van der Waals surface area contributed by atoms with Gasteiger partial charge in [0, 0.05) is 38.1 Å². The molecule has 1 fully saturated rings. The van der Waals surface area contributed by atoms with Crippen LogP contribution in [0.1, 0.15) is 31.4 Å². The van der Waals surface area contributed by atoms with Crippen molar-refractivity contribution in [2.45, 2.75) is 25.8 Å². The second-order valence-corrected chi connectivity index (χ2v) is 6.88. The van der Waals surface area contributed by atoms with E-state index in [0.29, 0.717) is 13.1 Å². The zero-order valence-corrected chi connectivity index (χ0v) is 12.4. The molecule has 0 saturated carbocycles. The molecule has 2 heterocycles. The smallest absolute Gasteiger partial charge is 0.280 e. The number of pyridine rings is 1. The van der Waals surface area contributed by atoms with Crippen molar-refractivity contribution in [3.8, 4) is 0 Å². The molecule has 0 radical (unpaired) electrons. The Morgan fingerprint density at radius 2 is 2.20 bits per heavy atom. The molecular weight excluding hydrogens is 278 g/mol. The van der Waals surface area contributed by atoms with Crippen molar-refractivity contribution >= 4 is 10.2 Å². The van der Waals surface area contributed by atoms with Crippen LogP contribution in [0.2, 0.25) is 0 Å². The van der Waals surface area contributed by atoms with E-state index in [1.54, 1.807) is 31.5 Å². The second kappa shape index (κ2) is 6.62. The fraction of sp³-hybridized carbons (Fsp3) is 0.615. The summed E-state index contributed by atoms with van der Waals surface area (Å²) in [7, 11) is -3.52. The molecule has 7 heteroatoms. The minimum Gasteiger partial charge on any atom is -0.396 e. The van der Waals surface area contributed by atoms with Crippen LogP contribution in [-0.4, -0.2) is 42.5 Å². The lowest BCUT2D eigenvalue weighted by atomic mass is 10.0. The van der Waals surface area contributed by atoms with Crippen LogP contribution in [0.3, 0.4) is 0 Å². The van der Waals surface area contributed by atoms with E-state index in [1.165, 1.54) is 4.31 Å². The first-order valence-electron chi connectivity index (χ1n) is 6.81. The van der Waals surface area contributed by atoms with E-state index in [2.05, 4.69) is 9.71 Å². The molecule has 2 N–H and O–H groups in total. The standard InChI is InChI=1S/C13H21N3O3S/c1-11(13-4-6-14-7-5-13)15-20(18,19)16-8-2-3-12(9-16)10-17/h4-7,11-12,15,17H,2-3,8-10H2,1H3. The van der Waals surface area contributed by atoms with Gasteiger partial charge in [0.05, 0.1) is 0 Å². The minimum atomic E-state index is -3.52. The first-order valence-corrected chi connectivity index (χ1v) is 8.25. The monoisotopic (exact) mass is 299 g/mol. The molecule has 0 spiro atoms. The number of nitrogens with one attached hydrogen (secondary N) is 1. The third-order valence-electron chi connectivity index (χ3n) is 3.61. The summed E-state index contributed by atoms with van der Waals surface area (Å²) < 4.78 is 28.8. The average molecular weight is 299 g/mol. The van der Waals surface area contributed by atoms with Crippen LogP contribution < -0.4 is 4.72 Å². The van der Waals surface area contributed by atoms with E-state index in [9.17, 15) is 13.5 Å². The molecule has 0 aliphatic carbocycles. The van der Waals surface area contributed by atoms with Gasteiger partial charge in [-0.15, -0.1) is 0 Å². The van der Waals surface area contributed by atoms with Crippen LogP contribution >= 0.6 is 0 Å². The quantitative estimate of drug-likeness (QED) is 0.837. The minimum absolute atomic E-state index is 0.0337. The first kappa shape index (κ1) is 15.4. The van der Waals surface area contributed by atoms with Crippen LogP contribution in [0.5, 0.6) is 0 Å². The molecule has 2 atom stereocenters. The number of piperidine rings is 1. The topological polar surface area (TPSA) is 82.5 Å². The third-order valence-corrected chi connectivity index (χ3v) is 5.27. The lowest BCUT2D eigenvalue weighted by molar-refractivity contribution is 0.164. The Morgan fingerprint density at radius 3 is 2.85 bits per heavy atom. The van der Waals surface area contributed by atoms with E-state index in [0.717, 1.165) is 18.4 Å². The van der Waals surface area contributed by atoms with E-state index in [1.807, 2.05) is 0 Å². The molecule has 0 amide bonds. The molecule has 1 aromatic rings. The number of rotatable bonds is 5. The van der Waals surface area contributed by atoms with Crippen molar-refractivity contribution < 1.29 is 13.5 Å². The molecular formula is C13H21N3O3S. The zero-order valence-electron chi connectivity index (χ0n) is 11.6. The number of hydrogen-bond donors (Lipinski definition) is 2. The highest BCUT2D eigenvalue weighted by Gasteiger charge is 2.29. The molecule has 1 aromatic heterocycles. The molecule has 1 saturated heterocycles. The Kier molecular flexibility index (Phi) is 5.09. The SMILES string of the molecule is CC(NS(=O)(=O)N1CCCC(CO)C1)c1ccncc1. The Hall–Kier alpha value is -1.02. The van der Waals surface area contributed by atoms with Gasteiger partial charge in [0.1, 0.15) is 0 Å². The van der Waals surface area contributed by atoms with Crippen molar-refractivity contribution in [3.05, 3.63) is 30.1 Å². The maximum absolute atomic E-state index is 12.3. The van der Waals surface area contributed by atoms with Crippen LogP contribution in [0.4, 0.5) is 0 Å². The van der Waals surface area contributed by atoms with Gasteiger partial charge in [-0.05, 0) is 43.4 Å². The van der Waals surface area contributed by atoms with E-state index in [4.69, 9.17) is 0 Å². The highest BCUT2D eigenvalue weighted by molar-refractivity contribution is 7.87. The molecule has 0 aromatic carbocycles. The van der Waals surface area contributed by atoms with Crippen LogP contribution in [-0.2, 0) is 10.2 Å². The summed E-state index contributed by atoms with van der Waals surface area (Å²) in [6.07, 6.45) is 4.95. The van der Waals surface area contributed by atoms with Gasteiger partial charge in [0.2, 0.25) is 0 Å². The van der Waals surface area contributed by atoms with Crippen LogP contribution in [0.15, 0.2) is 24.5 Å². The van der Waals surface area contributed by atoms with Gasteiger partial charge in [0.15, 0.2) is 0 Å². The van der Waals surface area contributed by atoms with Crippen LogP contribution in [0.25, 0.3) is 0 Å². The highest BCUT2D eigenvalue weighted by Crippen LogP contribution is 2.20. The summed E-state index contributed by atoms with van der Waals surface area (Å²) in [5, 5.41) is 9.19. The van der Waals surface area contributed by atoms with Gasteiger partial charge in [0.25, 0.3) is 10.2 Å². The summed E-state index contributed by atoms with van der Waals surface area (Å²) in [5.41, 5.74) is 0.874. The maximum Gasteiger partial charge on any atom is 0.280 e. The normalized spacial score (nSPS) is 22.6. The summed E-state index contributed by atoms with van der Waals surface area (Å²) in [4.78, 5) is 3.92. The molecule has 2 unspecified atom stereocenters. The molecule has 1 aliphatic rings. The van der Waals surface area contributed by atoms with Crippen molar-refractivity contribution in [1.29, 1.82) is 0 Å². The number of aliphatic hydroxyl groups is 1. The number of aromatic nitrogens is 1. The van der Waals surface area contributed by atoms with E-state index in [-0.39, 0.29) is 18.6 Å². The molecule has 6 nitrogen and oxygen atoms in total. The summed E-state index contributed by atoms with van der Waals surface area (Å²) >= 11 is 0. The highest BCUT2D eigenvalue weighted by atomic mass is 32.2. The molecule has 20 heavy (non-hydrogen) atoms. The first-order chi connectivity index (χ1) is 9.53. The average Bonchev–Trinajstić information content (AvgIpc) is 2.48. The molecule has 1 aliphatic heterocycles. The fourth-order valence-corrected chi connectivity index (χ4v) is 3.92. The van der Waals surface area contributed by atoms with Crippen molar-refractivity contribution in [3.63, 3.8) is 0 Å². The van der Waals surface area contributed by atoms with Crippen LogP contribution in [0, 0.1) is 5.92 Å². The van der Waals surface area contributed by atoms with Gasteiger partial charge >= 0.3 is 0 Å². The van der Waals surface area contributed by atoms with Crippen molar-refractivity contribution in [2.24, 2.45) is 5.92 Å². The molecule has 112 valence electrons. The van der Waals surface area contributed by atoms with Gasteiger partial charge in [-0.25, -0.2) is 0 Å². The van der Waals surface area contributed by atoms with Gasteiger partial charge < -0.3 is 5.11 Å². The van der Waals surface area contributed by atoms with Crippen molar-refractivity contribution in [1.82, 2.24) is 14.0 Å². The number of hydrogen-bond acceptors (Lipinski definition) is 4. The van der Waals surface area contributed by atoms with Gasteiger partial charge in [-0.2, -0.15) is 17.4 Å². The number of nitrogens with zero attached hydrogens (tertiary/aromatic N) is 2. The second-order valence-electron chi connectivity index (χ2n) is 5.17. The Balaban J connectivity index is 2.03. The molecule has 2 rings (SSSR count). The fourth-order valence-electron chi connectivity index (χ4n) is 2.41. The van der Waals surface area contributed by atoms with E-state index >= 15 is 0 Å². The van der Waals surface area contributed by atoms with E-state index < -0.39 is 10.2 Å². The Bertz CT molecular complexity index is 521. The number of aliphatic hydroxyl groups excluding tert-OH is 1. The lowest BCUT2D eigenvalue weighted by Gasteiger charge is -2.31. The zero-order chi connectivity index (χ0) is 14.6. The van der Waals surface area contributed by atoms with Gasteiger partial charge in [-0.3, -0.25) is 4.98 Å². The summed E-state index contributed by atoms with van der Waals surface area (Å²) in [5.74, 6) is 0.0385. The molecule has 0 bridgehead atoms. The van der Waals surface area contributed by atoms with Gasteiger partial charge in [-0.1, -0.05) is 0 Å². The predicted octanol–water partition coefficient (Wildman–Crippen LogP) is 0.681.